The Morgan fingerprint density at radius 1 is 1.77 bits per heavy atom. The number of methoxy groups -OCH3 is 1. The molecular formula is C7H13N3O3. The Bertz CT molecular complexity index is 251. The van der Waals surface area contributed by atoms with Crippen LogP contribution in [0.5, 0.6) is 0 Å². The molecule has 74 valence electrons. The zero-order valence-corrected chi connectivity index (χ0v) is 7.61. The van der Waals surface area contributed by atoms with Crippen LogP contribution in [0.2, 0.25) is 0 Å². The minimum atomic E-state index is -0.446. The molecule has 0 aromatic rings. The Kier molecular flexibility index (Phi) is 2.72. The van der Waals surface area contributed by atoms with Crippen molar-refractivity contribution in [3.8, 4) is 0 Å². The highest BCUT2D eigenvalue weighted by atomic mass is 16.6. The highest BCUT2D eigenvalue weighted by molar-refractivity contribution is 5.09. The quantitative estimate of drug-likeness (QED) is 0.468. The van der Waals surface area contributed by atoms with Gasteiger partial charge in [0.25, 0.3) is 5.70 Å². The van der Waals surface area contributed by atoms with Crippen LogP contribution in [-0.4, -0.2) is 18.3 Å². The highest BCUT2D eigenvalue weighted by Gasteiger charge is 2.32. The first-order valence-corrected chi connectivity index (χ1v) is 3.99. The average molecular weight is 187 g/mol. The van der Waals surface area contributed by atoms with Crippen LogP contribution in [0.25, 0.3) is 0 Å². The van der Waals surface area contributed by atoms with Gasteiger partial charge in [0.1, 0.15) is 6.23 Å². The van der Waals surface area contributed by atoms with Crippen LogP contribution >= 0.6 is 0 Å². The summed E-state index contributed by atoms with van der Waals surface area (Å²) < 4.78 is 5.01. The first-order valence-electron chi connectivity index (χ1n) is 3.99. The van der Waals surface area contributed by atoms with Gasteiger partial charge < -0.3 is 15.8 Å². The van der Waals surface area contributed by atoms with Crippen molar-refractivity contribution in [2.45, 2.75) is 19.6 Å². The Labute approximate surface area is 75.9 Å². The van der Waals surface area contributed by atoms with E-state index in [1.54, 1.807) is 6.92 Å². The highest BCUT2D eigenvalue weighted by Crippen LogP contribution is 2.23. The minimum absolute atomic E-state index is 0.0494. The van der Waals surface area contributed by atoms with Crippen LogP contribution in [0.15, 0.2) is 11.5 Å². The number of hydrogen-bond acceptors (Lipinski definition) is 5. The number of ether oxygens (including phenoxy) is 1. The molecule has 0 saturated carbocycles. The largest absolute Gasteiger partial charge is 0.380 e. The lowest BCUT2D eigenvalue weighted by Crippen LogP contribution is -2.42. The molecule has 0 fully saturated rings. The summed E-state index contributed by atoms with van der Waals surface area (Å²) in [5.74, 6) is -0.0724. The molecule has 1 aliphatic heterocycles. The molecule has 1 aliphatic rings. The van der Waals surface area contributed by atoms with E-state index >= 15 is 0 Å². The van der Waals surface area contributed by atoms with E-state index in [1.807, 2.05) is 0 Å². The summed E-state index contributed by atoms with van der Waals surface area (Å²) in [7, 11) is 1.54. The van der Waals surface area contributed by atoms with E-state index in [2.05, 4.69) is 5.32 Å². The smallest absolute Gasteiger partial charge is 0.288 e. The lowest BCUT2D eigenvalue weighted by molar-refractivity contribution is -0.437. The van der Waals surface area contributed by atoms with Gasteiger partial charge in [0.15, 0.2) is 5.82 Å². The lowest BCUT2D eigenvalue weighted by atomic mass is 10.00. The second-order valence-corrected chi connectivity index (χ2v) is 3.06. The van der Waals surface area contributed by atoms with Crippen molar-refractivity contribution >= 4 is 0 Å². The normalized spacial score (nSPS) is 28.5. The number of nitrogens with zero attached hydrogens (tertiary/aromatic N) is 1. The van der Waals surface area contributed by atoms with Crippen LogP contribution in [0.3, 0.4) is 0 Å². The molecule has 13 heavy (non-hydrogen) atoms. The van der Waals surface area contributed by atoms with Crippen molar-refractivity contribution in [3.63, 3.8) is 0 Å². The SMILES string of the molecule is CO[C@@H]1C[C@H](C)C([N+](=O)[O-])=C(N)N1. The van der Waals surface area contributed by atoms with Crippen LogP contribution in [0.1, 0.15) is 13.3 Å². The molecule has 1 heterocycles. The molecular weight excluding hydrogens is 174 g/mol. The third-order valence-corrected chi connectivity index (χ3v) is 2.11. The molecule has 3 N–H and O–H groups in total. The molecule has 0 unspecified atom stereocenters. The molecule has 0 aliphatic carbocycles. The Morgan fingerprint density at radius 3 is 2.77 bits per heavy atom. The number of nitro groups is 1. The van der Waals surface area contributed by atoms with E-state index in [4.69, 9.17) is 10.5 Å². The van der Waals surface area contributed by atoms with E-state index < -0.39 is 4.92 Å². The van der Waals surface area contributed by atoms with Crippen molar-refractivity contribution in [1.82, 2.24) is 5.32 Å². The zero-order chi connectivity index (χ0) is 10.0. The Hall–Kier alpha value is -1.30. The second-order valence-electron chi connectivity index (χ2n) is 3.06. The van der Waals surface area contributed by atoms with Gasteiger partial charge in [-0.2, -0.15) is 0 Å². The van der Waals surface area contributed by atoms with Gasteiger partial charge in [-0.25, -0.2) is 0 Å². The van der Waals surface area contributed by atoms with E-state index in [-0.39, 0.29) is 23.7 Å². The van der Waals surface area contributed by atoms with Gasteiger partial charge in [-0.05, 0) is 0 Å². The minimum Gasteiger partial charge on any atom is -0.380 e. The number of allylic oxidation sites excluding steroid dienone is 1. The molecule has 0 aromatic heterocycles. The van der Waals surface area contributed by atoms with Gasteiger partial charge in [-0.15, -0.1) is 0 Å². The maximum absolute atomic E-state index is 10.6. The Balaban J connectivity index is 2.87. The zero-order valence-electron chi connectivity index (χ0n) is 7.61. The van der Waals surface area contributed by atoms with E-state index in [1.165, 1.54) is 7.11 Å². The average Bonchev–Trinajstić information content (AvgIpc) is 2.02. The molecule has 0 bridgehead atoms. The second kappa shape index (κ2) is 3.61. The van der Waals surface area contributed by atoms with Crippen LogP contribution in [0.4, 0.5) is 0 Å². The predicted octanol–water partition coefficient (Wildman–Crippen LogP) is -0.00720. The molecule has 1 rings (SSSR count). The molecule has 0 aromatic carbocycles. The molecule has 0 amide bonds. The number of nitrogens with two attached hydrogens (primary N) is 1. The van der Waals surface area contributed by atoms with Gasteiger partial charge in [0, 0.05) is 13.5 Å². The first-order chi connectivity index (χ1) is 6.06. The van der Waals surface area contributed by atoms with Gasteiger partial charge >= 0.3 is 0 Å². The van der Waals surface area contributed by atoms with Crippen molar-refractivity contribution in [2.24, 2.45) is 11.7 Å². The standard InChI is InChI=1S/C7H13N3O3/c1-4-3-5(13-2)9-7(8)6(4)10(11)12/h4-5,9H,3,8H2,1-2H3/t4-,5+/m0/s1. The fourth-order valence-electron chi connectivity index (χ4n) is 1.44. The predicted molar refractivity (Wildman–Crippen MR) is 45.9 cm³/mol. The van der Waals surface area contributed by atoms with Crippen LogP contribution < -0.4 is 11.1 Å². The van der Waals surface area contributed by atoms with Crippen molar-refractivity contribution < 1.29 is 9.66 Å². The van der Waals surface area contributed by atoms with Gasteiger partial charge in [-0.3, -0.25) is 10.1 Å². The van der Waals surface area contributed by atoms with Crippen LogP contribution in [0, 0.1) is 16.0 Å². The maximum Gasteiger partial charge on any atom is 0.288 e. The summed E-state index contributed by atoms with van der Waals surface area (Å²) >= 11 is 0. The lowest BCUT2D eigenvalue weighted by Gasteiger charge is -2.26. The number of hydrogen-bond donors (Lipinski definition) is 2. The fourth-order valence-corrected chi connectivity index (χ4v) is 1.44. The summed E-state index contributed by atoms with van der Waals surface area (Å²) in [5, 5.41) is 13.3. The molecule has 2 atom stereocenters. The number of rotatable bonds is 2. The summed E-state index contributed by atoms with van der Waals surface area (Å²) in [6.45, 7) is 1.76. The van der Waals surface area contributed by atoms with Crippen molar-refractivity contribution in [2.75, 3.05) is 7.11 Å². The third kappa shape index (κ3) is 1.89. The van der Waals surface area contributed by atoms with E-state index in [0.717, 1.165) is 0 Å². The maximum atomic E-state index is 10.6. The monoisotopic (exact) mass is 187 g/mol. The summed E-state index contributed by atoms with van der Waals surface area (Å²) in [6, 6.07) is 0. The first kappa shape index (κ1) is 9.79. The fraction of sp³-hybridized carbons (Fsp3) is 0.714. The summed E-state index contributed by atoms with van der Waals surface area (Å²) in [6.07, 6.45) is 0.340. The van der Waals surface area contributed by atoms with Gasteiger partial charge in [0.05, 0.1) is 10.8 Å². The van der Waals surface area contributed by atoms with Crippen molar-refractivity contribution in [3.05, 3.63) is 21.6 Å². The van der Waals surface area contributed by atoms with E-state index in [0.29, 0.717) is 6.42 Å². The molecule has 6 heteroatoms. The molecule has 0 saturated heterocycles. The molecule has 6 nitrogen and oxygen atoms in total. The van der Waals surface area contributed by atoms with Crippen LogP contribution in [-0.2, 0) is 4.74 Å². The Morgan fingerprint density at radius 2 is 2.38 bits per heavy atom. The summed E-state index contributed by atoms with van der Waals surface area (Å²) in [5.41, 5.74) is 5.53. The van der Waals surface area contributed by atoms with Gasteiger partial charge in [-0.1, -0.05) is 6.92 Å². The number of nitrogens with one attached hydrogen (secondary N) is 1. The van der Waals surface area contributed by atoms with E-state index in [9.17, 15) is 10.1 Å². The molecule has 0 radical (unpaired) electrons. The third-order valence-electron chi connectivity index (χ3n) is 2.11. The van der Waals surface area contributed by atoms with Gasteiger partial charge in [0.2, 0.25) is 0 Å². The van der Waals surface area contributed by atoms with Crippen molar-refractivity contribution in [1.29, 1.82) is 0 Å². The molecule has 0 spiro atoms. The topological polar surface area (TPSA) is 90.4 Å². The summed E-state index contributed by atoms with van der Waals surface area (Å²) in [4.78, 5) is 10.1.